The summed E-state index contributed by atoms with van der Waals surface area (Å²) in [4.78, 5) is 10.4. The monoisotopic (exact) mass is 246 g/mol. The average Bonchev–Trinajstić information content (AvgIpc) is 2.06. The number of hydrogen-bond acceptors (Lipinski definition) is 1. The fourth-order valence-electron chi connectivity index (χ4n) is 0.901. The lowest BCUT2D eigenvalue weighted by Crippen LogP contribution is -2.10. The van der Waals surface area contributed by atoms with Gasteiger partial charge in [-0.15, -0.1) is 0 Å². The second-order valence-corrected chi connectivity index (χ2v) is 3.94. The van der Waals surface area contributed by atoms with Crippen LogP contribution in [0.3, 0.4) is 0 Å². The van der Waals surface area contributed by atoms with E-state index in [-0.39, 0.29) is 10.1 Å². The van der Waals surface area contributed by atoms with Gasteiger partial charge in [-0.05, 0) is 23.6 Å². The van der Waals surface area contributed by atoms with Gasteiger partial charge in [-0.3, -0.25) is 4.79 Å². The Morgan fingerprint density at radius 2 is 2.00 bits per heavy atom. The average molecular weight is 248 g/mol. The van der Waals surface area contributed by atoms with Crippen molar-refractivity contribution in [2.45, 2.75) is 11.2 Å². The second-order valence-electron chi connectivity index (χ2n) is 2.46. The van der Waals surface area contributed by atoms with Crippen LogP contribution in [0.4, 0.5) is 0 Å². The van der Waals surface area contributed by atoms with E-state index in [1.807, 2.05) is 30.3 Å². The van der Waals surface area contributed by atoms with E-state index in [0.717, 1.165) is 5.56 Å². The molecule has 0 unspecified atom stereocenters. The third kappa shape index (κ3) is 2.95. The van der Waals surface area contributed by atoms with E-state index in [2.05, 4.69) is 15.9 Å². The molecule has 0 radical (unpaired) electrons. The molecule has 1 aromatic carbocycles. The lowest BCUT2D eigenvalue weighted by atomic mass is 10.1. The minimum atomic E-state index is -0.348. The van der Waals surface area contributed by atoms with Crippen LogP contribution < -0.4 is 0 Å². The van der Waals surface area contributed by atoms with Crippen LogP contribution in [-0.2, 0) is 11.2 Å². The van der Waals surface area contributed by atoms with E-state index in [4.69, 9.17) is 11.6 Å². The first-order valence-electron chi connectivity index (χ1n) is 3.57. The van der Waals surface area contributed by atoms with Crippen molar-refractivity contribution >= 4 is 32.8 Å². The zero-order valence-corrected chi connectivity index (χ0v) is 8.68. The van der Waals surface area contributed by atoms with Gasteiger partial charge in [-0.1, -0.05) is 46.3 Å². The molecular weight excluding hydrogens is 239 g/mol. The van der Waals surface area contributed by atoms with Crippen molar-refractivity contribution in [2.24, 2.45) is 0 Å². The molecule has 1 nitrogen and oxygen atoms in total. The number of carbonyl (C=O) groups is 1. The van der Waals surface area contributed by atoms with E-state index < -0.39 is 0 Å². The van der Waals surface area contributed by atoms with Crippen molar-refractivity contribution in [3.05, 3.63) is 35.9 Å². The Morgan fingerprint density at radius 1 is 1.42 bits per heavy atom. The Hall–Kier alpha value is -0.340. The summed E-state index contributed by atoms with van der Waals surface area (Å²) in [5.74, 6) is 0. The van der Waals surface area contributed by atoms with E-state index in [1.54, 1.807) is 0 Å². The highest BCUT2D eigenvalue weighted by Gasteiger charge is 2.11. The summed E-state index contributed by atoms with van der Waals surface area (Å²) < 4.78 is 0. The predicted octanol–water partition coefficient (Wildman–Crippen LogP) is 2.76. The second kappa shape index (κ2) is 4.63. The molecule has 0 amide bonds. The van der Waals surface area contributed by atoms with Gasteiger partial charge in [0, 0.05) is 0 Å². The summed E-state index contributed by atoms with van der Waals surface area (Å²) in [5.41, 5.74) is 1.10. The Bertz CT molecular complexity index is 260. The van der Waals surface area contributed by atoms with Gasteiger partial charge in [0.2, 0.25) is 5.24 Å². The molecule has 0 heterocycles. The molecule has 1 rings (SSSR count). The van der Waals surface area contributed by atoms with Gasteiger partial charge < -0.3 is 0 Å². The first kappa shape index (κ1) is 9.75. The molecule has 1 aromatic rings. The molecule has 1 atom stereocenters. The lowest BCUT2D eigenvalue weighted by Gasteiger charge is -2.03. The van der Waals surface area contributed by atoms with Crippen molar-refractivity contribution in [2.75, 3.05) is 0 Å². The molecule has 0 aromatic heterocycles. The summed E-state index contributed by atoms with van der Waals surface area (Å²) in [6, 6.07) is 9.75. The molecule has 0 N–H and O–H groups in total. The number of carbonyl (C=O) groups excluding carboxylic acids is 1. The molecule has 0 saturated carbocycles. The van der Waals surface area contributed by atoms with Crippen LogP contribution in [0.2, 0.25) is 0 Å². The summed E-state index contributed by atoms with van der Waals surface area (Å²) in [5, 5.41) is -0.348. The molecule has 0 aliphatic rings. The van der Waals surface area contributed by atoms with Gasteiger partial charge in [-0.25, -0.2) is 0 Å². The fraction of sp³-hybridized carbons (Fsp3) is 0.222. The van der Waals surface area contributed by atoms with Crippen molar-refractivity contribution in [1.29, 1.82) is 0 Å². The smallest absolute Gasteiger partial charge is 0.235 e. The summed E-state index contributed by atoms with van der Waals surface area (Å²) in [7, 11) is 0. The third-order valence-electron chi connectivity index (χ3n) is 1.50. The van der Waals surface area contributed by atoms with Gasteiger partial charge in [0.25, 0.3) is 0 Å². The van der Waals surface area contributed by atoms with E-state index in [9.17, 15) is 4.79 Å². The van der Waals surface area contributed by atoms with Crippen molar-refractivity contribution in [1.82, 2.24) is 0 Å². The van der Waals surface area contributed by atoms with Gasteiger partial charge in [0.15, 0.2) is 0 Å². The highest BCUT2D eigenvalue weighted by molar-refractivity contribution is 9.10. The third-order valence-corrected chi connectivity index (χ3v) is 2.77. The van der Waals surface area contributed by atoms with Crippen molar-refractivity contribution in [3.63, 3.8) is 0 Å². The molecule has 12 heavy (non-hydrogen) atoms. The number of hydrogen-bond donors (Lipinski definition) is 0. The summed E-state index contributed by atoms with van der Waals surface area (Å²) in [6.45, 7) is 0. The van der Waals surface area contributed by atoms with E-state index in [1.165, 1.54) is 0 Å². The van der Waals surface area contributed by atoms with Gasteiger partial charge in [0.1, 0.15) is 0 Å². The molecule has 64 valence electrons. The SMILES string of the molecule is O=C(Cl)[C@H](Br)Cc1ccccc1. The Morgan fingerprint density at radius 3 is 2.50 bits per heavy atom. The highest BCUT2D eigenvalue weighted by Crippen LogP contribution is 2.12. The largest absolute Gasteiger partial charge is 0.280 e. The number of benzene rings is 1. The molecule has 3 heteroatoms. The topological polar surface area (TPSA) is 17.1 Å². The molecule has 0 bridgehead atoms. The van der Waals surface area contributed by atoms with Crippen LogP contribution in [0.5, 0.6) is 0 Å². The molecule has 0 spiro atoms. The van der Waals surface area contributed by atoms with Crippen LogP contribution in [-0.4, -0.2) is 10.1 Å². The summed E-state index contributed by atoms with van der Waals surface area (Å²) in [6.07, 6.45) is 0.642. The molecule has 0 fully saturated rings. The zero-order chi connectivity index (χ0) is 8.97. The Balaban J connectivity index is 2.58. The maximum atomic E-state index is 10.7. The van der Waals surface area contributed by atoms with Gasteiger partial charge in [-0.2, -0.15) is 0 Å². The molecule has 0 aliphatic carbocycles. The fourth-order valence-corrected chi connectivity index (χ4v) is 1.35. The van der Waals surface area contributed by atoms with Crippen molar-refractivity contribution < 1.29 is 4.79 Å². The van der Waals surface area contributed by atoms with Gasteiger partial charge in [0.05, 0.1) is 4.83 Å². The number of halogens is 2. The Kier molecular flexibility index (Phi) is 3.76. The van der Waals surface area contributed by atoms with Crippen molar-refractivity contribution in [3.8, 4) is 0 Å². The van der Waals surface area contributed by atoms with E-state index >= 15 is 0 Å². The van der Waals surface area contributed by atoms with Crippen LogP contribution in [0.1, 0.15) is 5.56 Å². The Labute approximate surface area is 84.9 Å². The van der Waals surface area contributed by atoms with E-state index in [0.29, 0.717) is 6.42 Å². The maximum Gasteiger partial charge on any atom is 0.235 e. The minimum Gasteiger partial charge on any atom is -0.280 e. The van der Waals surface area contributed by atoms with Crippen LogP contribution in [0.15, 0.2) is 30.3 Å². The predicted molar refractivity (Wildman–Crippen MR) is 53.7 cm³/mol. The first-order valence-corrected chi connectivity index (χ1v) is 4.87. The quantitative estimate of drug-likeness (QED) is 0.593. The standard InChI is InChI=1S/C9H8BrClO/c10-8(9(11)12)6-7-4-2-1-3-5-7/h1-5,8H,6H2/t8-/m1/s1. The van der Waals surface area contributed by atoms with Crippen LogP contribution in [0.25, 0.3) is 0 Å². The maximum absolute atomic E-state index is 10.7. The normalized spacial score (nSPS) is 12.5. The zero-order valence-electron chi connectivity index (χ0n) is 6.34. The summed E-state index contributed by atoms with van der Waals surface area (Å²) >= 11 is 8.49. The number of alkyl halides is 1. The highest BCUT2D eigenvalue weighted by atomic mass is 79.9. The van der Waals surface area contributed by atoms with Crippen LogP contribution in [0, 0.1) is 0 Å². The first-order chi connectivity index (χ1) is 5.70. The molecule has 0 aliphatic heterocycles. The number of rotatable bonds is 3. The van der Waals surface area contributed by atoms with Crippen LogP contribution >= 0.6 is 27.5 Å². The molecular formula is C9H8BrClO. The van der Waals surface area contributed by atoms with Gasteiger partial charge >= 0.3 is 0 Å². The lowest BCUT2D eigenvalue weighted by molar-refractivity contribution is -0.111. The molecule has 0 saturated heterocycles. The minimum absolute atomic E-state index is 0.276.